The van der Waals surface area contributed by atoms with Gasteiger partial charge in [0, 0.05) is 15.6 Å². The first kappa shape index (κ1) is 16.1. The number of hydrogen-bond acceptors (Lipinski definition) is 1. The molecule has 0 saturated carbocycles. The maximum Gasteiger partial charge on any atom is 0.0790 e. The third-order valence-electron chi connectivity index (χ3n) is 3.42. The monoisotopic (exact) mass is 320 g/mol. The minimum Gasteiger partial charge on any atom is -0.388 e. The van der Waals surface area contributed by atoms with Gasteiger partial charge < -0.3 is 5.11 Å². The van der Waals surface area contributed by atoms with Crippen molar-refractivity contribution in [3.63, 3.8) is 0 Å². The number of benzene rings is 2. The second-order valence-electron chi connectivity index (χ2n) is 4.98. The molecule has 2 aromatic carbocycles. The maximum absolute atomic E-state index is 10.1. The second kappa shape index (κ2) is 7.65. The quantitative estimate of drug-likeness (QED) is 0.507. The first-order chi connectivity index (χ1) is 10.1. The van der Waals surface area contributed by atoms with Crippen molar-refractivity contribution >= 4 is 23.2 Å². The summed E-state index contributed by atoms with van der Waals surface area (Å²) in [5.74, 6) is 0. The molecule has 110 valence electrons. The van der Waals surface area contributed by atoms with E-state index >= 15 is 0 Å². The van der Waals surface area contributed by atoms with E-state index in [0.717, 1.165) is 36.0 Å². The molecule has 0 aliphatic rings. The van der Waals surface area contributed by atoms with Gasteiger partial charge in [-0.05, 0) is 42.5 Å². The van der Waals surface area contributed by atoms with E-state index in [2.05, 4.69) is 6.58 Å². The smallest absolute Gasteiger partial charge is 0.0790 e. The summed E-state index contributed by atoms with van der Waals surface area (Å²) in [6.07, 6.45) is 4.05. The molecule has 0 bridgehead atoms. The topological polar surface area (TPSA) is 20.2 Å². The van der Waals surface area contributed by atoms with Crippen LogP contribution in [0.25, 0.3) is 11.1 Å². The lowest BCUT2D eigenvalue weighted by Gasteiger charge is -2.12. The number of aliphatic hydroxyl groups excluding tert-OH is 1. The average molecular weight is 321 g/mol. The van der Waals surface area contributed by atoms with E-state index in [1.165, 1.54) is 0 Å². The number of aliphatic hydroxyl groups is 1. The summed E-state index contributed by atoms with van der Waals surface area (Å²) >= 11 is 12.1. The van der Waals surface area contributed by atoms with Gasteiger partial charge in [-0.15, -0.1) is 6.58 Å². The Morgan fingerprint density at radius 2 is 1.81 bits per heavy atom. The normalized spacial score (nSPS) is 12.1. The highest BCUT2D eigenvalue weighted by Crippen LogP contribution is 2.31. The van der Waals surface area contributed by atoms with Gasteiger partial charge in [0.25, 0.3) is 0 Å². The van der Waals surface area contributed by atoms with E-state index in [0.29, 0.717) is 10.0 Å². The van der Waals surface area contributed by atoms with Crippen molar-refractivity contribution in [3.05, 3.63) is 70.7 Å². The van der Waals surface area contributed by atoms with E-state index in [9.17, 15) is 5.11 Å². The van der Waals surface area contributed by atoms with Crippen LogP contribution in [0.5, 0.6) is 0 Å². The van der Waals surface area contributed by atoms with Crippen LogP contribution in [0.15, 0.2) is 55.1 Å². The van der Waals surface area contributed by atoms with E-state index in [-0.39, 0.29) is 0 Å². The zero-order chi connectivity index (χ0) is 15.2. The van der Waals surface area contributed by atoms with E-state index < -0.39 is 6.10 Å². The van der Waals surface area contributed by atoms with Crippen LogP contribution in [0.4, 0.5) is 0 Å². The molecular formula is C18H18Cl2O. The molecule has 2 rings (SSSR count). The van der Waals surface area contributed by atoms with Crippen molar-refractivity contribution in [3.8, 4) is 11.1 Å². The highest BCUT2D eigenvalue weighted by molar-refractivity contribution is 6.36. The maximum atomic E-state index is 10.1. The molecule has 21 heavy (non-hydrogen) atoms. The Hall–Kier alpha value is -1.28. The molecule has 0 radical (unpaired) electrons. The van der Waals surface area contributed by atoms with Crippen LogP contribution in [0.2, 0.25) is 10.0 Å². The van der Waals surface area contributed by atoms with Crippen molar-refractivity contribution in [2.45, 2.75) is 25.4 Å². The first-order valence-electron chi connectivity index (χ1n) is 6.96. The van der Waals surface area contributed by atoms with Gasteiger partial charge in [-0.25, -0.2) is 0 Å². The second-order valence-corrected chi connectivity index (χ2v) is 5.83. The van der Waals surface area contributed by atoms with E-state index in [4.69, 9.17) is 23.2 Å². The lowest BCUT2D eigenvalue weighted by Crippen LogP contribution is -1.97. The third kappa shape index (κ3) is 4.34. The molecule has 3 heteroatoms. The summed E-state index contributed by atoms with van der Waals surface area (Å²) in [6.45, 7) is 3.69. The Morgan fingerprint density at radius 3 is 2.43 bits per heavy atom. The molecule has 0 unspecified atom stereocenters. The molecule has 0 spiro atoms. The predicted octanol–water partition coefficient (Wildman–Crippen LogP) is 6.05. The van der Waals surface area contributed by atoms with E-state index in [1.54, 1.807) is 6.07 Å². The molecule has 0 aliphatic carbocycles. The molecule has 1 nitrogen and oxygen atoms in total. The summed E-state index contributed by atoms with van der Waals surface area (Å²) in [5, 5.41) is 11.4. The Balaban J connectivity index is 2.13. The van der Waals surface area contributed by atoms with Crippen molar-refractivity contribution < 1.29 is 5.11 Å². The molecule has 1 atom stereocenters. The van der Waals surface area contributed by atoms with Gasteiger partial charge in [0.05, 0.1) is 6.10 Å². The molecule has 2 aromatic rings. The molecule has 0 saturated heterocycles. The van der Waals surface area contributed by atoms with Crippen LogP contribution >= 0.6 is 23.2 Å². The minimum absolute atomic E-state index is 0.431. The number of rotatable bonds is 6. The Labute approximate surface area is 135 Å². The summed E-state index contributed by atoms with van der Waals surface area (Å²) < 4.78 is 0. The Kier molecular flexibility index (Phi) is 5.86. The summed E-state index contributed by atoms with van der Waals surface area (Å²) in [7, 11) is 0. The lowest BCUT2D eigenvalue weighted by atomic mass is 9.99. The molecule has 1 N–H and O–H groups in total. The molecule has 0 fully saturated rings. The highest BCUT2D eigenvalue weighted by Gasteiger charge is 2.08. The molecule has 0 heterocycles. The van der Waals surface area contributed by atoms with Gasteiger partial charge in [-0.3, -0.25) is 0 Å². The van der Waals surface area contributed by atoms with Crippen molar-refractivity contribution in [2.24, 2.45) is 0 Å². The van der Waals surface area contributed by atoms with Crippen LogP contribution < -0.4 is 0 Å². The first-order valence-corrected chi connectivity index (χ1v) is 7.71. The van der Waals surface area contributed by atoms with Crippen molar-refractivity contribution in [1.29, 1.82) is 0 Å². The Morgan fingerprint density at radius 1 is 1.10 bits per heavy atom. The summed E-state index contributed by atoms with van der Waals surface area (Å²) in [6, 6.07) is 13.3. The molecular weight excluding hydrogens is 303 g/mol. The SMILES string of the molecule is C=CCCC[C@H](O)c1ccc(-c2ccc(Cl)cc2Cl)cc1. The number of hydrogen-bond donors (Lipinski definition) is 1. The lowest BCUT2D eigenvalue weighted by molar-refractivity contribution is 0.165. The Bertz CT molecular complexity index is 605. The minimum atomic E-state index is -0.431. The molecule has 0 aromatic heterocycles. The van der Waals surface area contributed by atoms with Gasteiger partial charge in [0.15, 0.2) is 0 Å². The number of unbranched alkanes of at least 4 members (excludes halogenated alkanes) is 1. The van der Waals surface area contributed by atoms with Gasteiger partial charge in [-0.1, -0.05) is 59.6 Å². The van der Waals surface area contributed by atoms with Crippen molar-refractivity contribution in [2.75, 3.05) is 0 Å². The molecule has 0 aliphatic heterocycles. The van der Waals surface area contributed by atoms with Gasteiger partial charge in [0.1, 0.15) is 0 Å². The van der Waals surface area contributed by atoms with Crippen molar-refractivity contribution in [1.82, 2.24) is 0 Å². The third-order valence-corrected chi connectivity index (χ3v) is 3.97. The number of allylic oxidation sites excluding steroid dienone is 1. The fraction of sp³-hybridized carbons (Fsp3) is 0.222. The summed E-state index contributed by atoms with van der Waals surface area (Å²) in [4.78, 5) is 0. The fourth-order valence-corrected chi connectivity index (χ4v) is 2.75. The van der Waals surface area contributed by atoms with Crippen LogP contribution in [-0.4, -0.2) is 5.11 Å². The largest absolute Gasteiger partial charge is 0.388 e. The van der Waals surface area contributed by atoms with Crippen LogP contribution in [0.1, 0.15) is 30.9 Å². The van der Waals surface area contributed by atoms with Gasteiger partial charge in [-0.2, -0.15) is 0 Å². The van der Waals surface area contributed by atoms with Crippen LogP contribution in [0, 0.1) is 0 Å². The van der Waals surface area contributed by atoms with Gasteiger partial charge >= 0.3 is 0 Å². The average Bonchev–Trinajstić information content (AvgIpc) is 2.48. The van der Waals surface area contributed by atoms with Crippen LogP contribution in [0.3, 0.4) is 0 Å². The highest BCUT2D eigenvalue weighted by atomic mass is 35.5. The van der Waals surface area contributed by atoms with Crippen LogP contribution in [-0.2, 0) is 0 Å². The number of halogens is 2. The zero-order valence-electron chi connectivity index (χ0n) is 11.7. The zero-order valence-corrected chi connectivity index (χ0v) is 13.2. The molecule has 0 amide bonds. The van der Waals surface area contributed by atoms with E-state index in [1.807, 2.05) is 42.5 Å². The standard InChI is InChI=1S/C18H18Cl2O/c1-2-3-4-5-18(21)14-8-6-13(7-9-14)16-11-10-15(19)12-17(16)20/h2,6-12,18,21H,1,3-5H2/t18-/m0/s1. The fourth-order valence-electron chi connectivity index (χ4n) is 2.23. The van der Waals surface area contributed by atoms with Gasteiger partial charge in [0.2, 0.25) is 0 Å². The predicted molar refractivity (Wildman–Crippen MR) is 90.9 cm³/mol. The summed E-state index contributed by atoms with van der Waals surface area (Å²) in [5.41, 5.74) is 2.88.